The van der Waals surface area contributed by atoms with Crippen molar-refractivity contribution < 1.29 is 28.5 Å². The number of nitrogens with one attached hydrogen (secondary N) is 1. The fraction of sp³-hybridized carbons (Fsp3) is 0.417. The summed E-state index contributed by atoms with van der Waals surface area (Å²) in [7, 11) is 0. The van der Waals surface area contributed by atoms with E-state index in [0.29, 0.717) is 19.4 Å². The normalized spacial score (nSPS) is 20.0. The molecule has 4 aromatic carbocycles. The van der Waals surface area contributed by atoms with Gasteiger partial charge in [0, 0.05) is 12.0 Å². The SMILES string of the molecule is C=CCCC(=O)N1[C@H](COCc2ccccc2)[C@@H](OCc2ccccc2)[C@H](OCc2ccccc2)[C@@H](OCc2ccccc2)[C@H]1C(=O)NC(C)(C)CC(C)(C)C. The van der Waals surface area contributed by atoms with Crippen LogP contribution in [0.3, 0.4) is 0 Å². The number of ether oxygens (including phenoxy) is 4. The molecule has 0 saturated carbocycles. The number of piperidine rings is 1. The van der Waals surface area contributed by atoms with Crippen molar-refractivity contribution in [3.8, 4) is 0 Å². The second-order valence-corrected chi connectivity index (χ2v) is 16.5. The van der Waals surface area contributed by atoms with Crippen LogP contribution in [0.25, 0.3) is 0 Å². The van der Waals surface area contributed by atoms with Gasteiger partial charge in [-0.2, -0.15) is 0 Å². The van der Waals surface area contributed by atoms with E-state index < -0.39 is 35.9 Å². The van der Waals surface area contributed by atoms with Crippen LogP contribution in [-0.2, 0) is 55.0 Å². The molecular formula is C48H60N2O6. The van der Waals surface area contributed by atoms with E-state index in [0.717, 1.165) is 22.3 Å². The first-order valence-corrected chi connectivity index (χ1v) is 19.8. The summed E-state index contributed by atoms with van der Waals surface area (Å²) < 4.78 is 27.2. The summed E-state index contributed by atoms with van der Waals surface area (Å²) in [5, 5.41) is 3.35. The number of hydrogen-bond acceptors (Lipinski definition) is 6. The van der Waals surface area contributed by atoms with Crippen molar-refractivity contribution >= 4 is 11.8 Å². The molecule has 2 amide bonds. The molecule has 0 unspecified atom stereocenters. The van der Waals surface area contributed by atoms with Gasteiger partial charge in [-0.1, -0.05) is 148 Å². The van der Waals surface area contributed by atoms with Gasteiger partial charge in [-0.05, 0) is 54.4 Å². The van der Waals surface area contributed by atoms with Crippen LogP contribution >= 0.6 is 0 Å². The quantitative estimate of drug-likeness (QED) is 0.0962. The smallest absolute Gasteiger partial charge is 0.246 e. The van der Waals surface area contributed by atoms with E-state index in [2.05, 4.69) is 32.7 Å². The Morgan fingerprint density at radius 1 is 0.643 bits per heavy atom. The van der Waals surface area contributed by atoms with Crippen molar-refractivity contribution in [1.82, 2.24) is 10.2 Å². The highest BCUT2D eigenvalue weighted by Gasteiger charge is 2.56. The van der Waals surface area contributed by atoms with Crippen LogP contribution in [0.4, 0.5) is 0 Å². The lowest BCUT2D eigenvalue weighted by atomic mass is 9.81. The molecule has 298 valence electrons. The molecule has 0 aliphatic carbocycles. The van der Waals surface area contributed by atoms with E-state index in [4.69, 9.17) is 18.9 Å². The Morgan fingerprint density at radius 2 is 1.07 bits per heavy atom. The lowest BCUT2D eigenvalue weighted by Gasteiger charge is -2.52. The average molecular weight is 761 g/mol. The average Bonchev–Trinajstić information content (AvgIpc) is 3.18. The third-order valence-corrected chi connectivity index (χ3v) is 9.80. The maximum absolute atomic E-state index is 15.1. The third kappa shape index (κ3) is 12.7. The fourth-order valence-electron chi connectivity index (χ4n) is 7.78. The molecule has 0 spiro atoms. The summed E-state index contributed by atoms with van der Waals surface area (Å²) in [4.78, 5) is 31.5. The molecule has 1 N–H and O–H groups in total. The number of hydrogen-bond donors (Lipinski definition) is 1. The van der Waals surface area contributed by atoms with Crippen molar-refractivity contribution in [2.24, 2.45) is 5.41 Å². The molecule has 8 heteroatoms. The molecule has 1 fully saturated rings. The molecule has 8 nitrogen and oxygen atoms in total. The lowest BCUT2D eigenvalue weighted by molar-refractivity contribution is -0.228. The predicted octanol–water partition coefficient (Wildman–Crippen LogP) is 8.84. The van der Waals surface area contributed by atoms with E-state index in [-0.39, 0.29) is 50.1 Å². The molecular weight excluding hydrogens is 701 g/mol. The minimum absolute atomic E-state index is 0.0719. The first kappa shape index (κ1) is 42.5. The molecule has 0 bridgehead atoms. The fourth-order valence-corrected chi connectivity index (χ4v) is 7.78. The second-order valence-electron chi connectivity index (χ2n) is 16.5. The summed E-state index contributed by atoms with van der Waals surface area (Å²) in [5.74, 6) is -0.526. The predicted molar refractivity (Wildman–Crippen MR) is 221 cm³/mol. The van der Waals surface area contributed by atoms with Crippen molar-refractivity contribution in [3.05, 3.63) is 156 Å². The Hall–Kier alpha value is -4.60. The minimum Gasteiger partial charge on any atom is -0.375 e. The van der Waals surface area contributed by atoms with Gasteiger partial charge in [-0.25, -0.2) is 0 Å². The van der Waals surface area contributed by atoms with Crippen molar-refractivity contribution in [3.63, 3.8) is 0 Å². The van der Waals surface area contributed by atoms with Gasteiger partial charge in [-0.3, -0.25) is 9.59 Å². The first-order chi connectivity index (χ1) is 26.9. The molecule has 0 radical (unpaired) electrons. The third-order valence-electron chi connectivity index (χ3n) is 9.80. The van der Waals surface area contributed by atoms with E-state index in [1.807, 2.05) is 135 Å². The molecule has 0 aromatic heterocycles. The molecule has 1 heterocycles. The zero-order valence-electron chi connectivity index (χ0n) is 33.8. The van der Waals surface area contributed by atoms with Crippen LogP contribution in [0, 0.1) is 5.41 Å². The molecule has 1 saturated heterocycles. The minimum atomic E-state index is -1.07. The topological polar surface area (TPSA) is 86.3 Å². The standard InChI is InChI=1S/C48H60N2O6/c1-7-8-29-41(51)50-40(34-53-30-36-21-13-9-14-22-36)43(54-31-37-23-15-10-16-24-37)45(56-33-39-27-19-12-20-28-39)44(55-32-38-25-17-11-18-26-38)42(50)46(52)49-48(5,6)35-47(2,3)4/h7,9-28,40,42-45H,1,8,29-35H2,2-6H3,(H,49,52)/t40-,42+,43-,44+,45+/m1/s1. The van der Waals surface area contributed by atoms with Crippen LogP contribution in [0.5, 0.6) is 0 Å². The second kappa shape index (κ2) is 20.5. The highest BCUT2D eigenvalue weighted by atomic mass is 16.6. The zero-order valence-corrected chi connectivity index (χ0v) is 33.8. The maximum atomic E-state index is 15.1. The Kier molecular flexibility index (Phi) is 15.6. The summed E-state index contributed by atoms with van der Waals surface area (Å²) in [5.41, 5.74) is 3.18. The van der Waals surface area contributed by atoms with Gasteiger partial charge >= 0.3 is 0 Å². The highest BCUT2D eigenvalue weighted by Crippen LogP contribution is 2.35. The van der Waals surface area contributed by atoms with Crippen LogP contribution in [-0.4, -0.2) is 59.3 Å². The van der Waals surface area contributed by atoms with Gasteiger partial charge in [0.2, 0.25) is 11.8 Å². The first-order valence-electron chi connectivity index (χ1n) is 19.8. The summed E-state index contributed by atoms with van der Waals surface area (Å²) in [6, 6.07) is 37.8. The monoisotopic (exact) mass is 760 g/mol. The van der Waals surface area contributed by atoms with Crippen LogP contribution < -0.4 is 5.32 Å². The molecule has 1 aliphatic rings. The van der Waals surface area contributed by atoms with Crippen LogP contribution in [0.1, 0.15) is 76.1 Å². The number of amides is 2. The molecule has 5 atom stereocenters. The molecule has 56 heavy (non-hydrogen) atoms. The molecule has 5 rings (SSSR count). The number of likely N-dealkylation sites (tertiary alicyclic amines) is 1. The van der Waals surface area contributed by atoms with E-state index in [1.54, 1.807) is 11.0 Å². The number of nitrogens with zero attached hydrogens (tertiary/aromatic N) is 1. The van der Waals surface area contributed by atoms with Gasteiger partial charge < -0.3 is 29.2 Å². The van der Waals surface area contributed by atoms with E-state index in [9.17, 15) is 4.79 Å². The summed E-state index contributed by atoms with van der Waals surface area (Å²) >= 11 is 0. The van der Waals surface area contributed by atoms with E-state index in [1.165, 1.54) is 0 Å². The molecule has 4 aromatic rings. The van der Waals surface area contributed by atoms with Crippen molar-refractivity contribution in [2.45, 2.75) is 116 Å². The van der Waals surface area contributed by atoms with Gasteiger partial charge in [0.15, 0.2) is 0 Å². The van der Waals surface area contributed by atoms with Gasteiger partial charge in [0.05, 0.1) is 39.1 Å². The Morgan fingerprint density at radius 3 is 1.52 bits per heavy atom. The number of rotatable bonds is 19. The Bertz CT molecular complexity index is 1780. The van der Waals surface area contributed by atoms with Gasteiger partial charge in [0.25, 0.3) is 0 Å². The summed E-state index contributed by atoms with van der Waals surface area (Å²) in [6.45, 7) is 15.5. The number of allylic oxidation sites excluding steroid dienone is 1. The number of carbonyl (C=O) groups excluding carboxylic acids is 2. The lowest BCUT2D eigenvalue weighted by Crippen LogP contribution is -2.74. The van der Waals surface area contributed by atoms with Gasteiger partial charge in [0.1, 0.15) is 24.4 Å². The maximum Gasteiger partial charge on any atom is 0.246 e. The van der Waals surface area contributed by atoms with Crippen LogP contribution in [0.15, 0.2) is 134 Å². The van der Waals surface area contributed by atoms with Gasteiger partial charge in [-0.15, -0.1) is 6.58 Å². The Labute approximate surface area is 334 Å². The van der Waals surface area contributed by atoms with E-state index >= 15 is 4.79 Å². The largest absolute Gasteiger partial charge is 0.375 e. The summed E-state index contributed by atoms with van der Waals surface area (Å²) in [6.07, 6.45) is 0.591. The highest BCUT2D eigenvalue weighted by molar-refractivity contribution is 5.89. The van der Waals surface area contributed by atoms with Crippen LogP contribution in [0.2, 0.25) is 0 Å². The number of carbonyl (C=O) groups is 2. The van der Waals surface area contributed by atoms with Crippen molar-refractivity contribution in [1.29, 1.82) is 0 Å². The Balaban J connectivity index is 1.64. The molecule has 1 aliphatic heterocycles. The number of benzene rings is 4. The zero-order chi connectivity index (χ0) is 40.0. The van der Waals surface area contributed by atoms with Crippen molar-refractivity contribution in [2.75, 3.05) is 6.61 Å².